The van der Waals surface area contributed by atoms with Crippen LogP contribution >= 0.6 is 39.1 Å². The number of ketones is 2. The summed E-state index contributed by atoms with van der Waals surface area (Å²) in [5.41, 5.74) is 0. The highest BCUT2D eigenvalue weighted by molar-refractivity contribution is 9.09. The minimum absolute atomic E-state index is 0.0344. The molecular weight excluding hydrogens is 869 g/mol. The van der Waals surface area contributed by atoms with Gasteiger partial charge < -0.3 is 55.3 Å². The summed E-state index contributed by atoms with van der Waals surface area (Å²) >= 11 is 14.0. The van der Waals surface area contributed by atoms with Crippen molar-refractivity contribution in [3.8, 4) is 0 Å². The van der Waals surface area contributed by atoms with Gasteiger partial charge in [-0.25, -0.2) is 0 Å². The van der Waals surface area contributed by atoms with Crippen molar-refractivity contribution in [2.45, 2.75) is 51.0 Å². The first kappa shape index (κ1) is 53.5. The Kier molecular flexibility index (Phi) is 32.5. The van der Waals surface area contributed by atoms with Gasteiger partial charge in [0.05, 0.1) is 50.3 Å². The molecule has 23 heteroatoms. The molecular formula is C34H54BrCl2N5O15. The molecule has 0 aromatic rings. The Morgan fingerprint density at radius 3 is 1.75 bits per heavy atom. The van der Waals surface area contributed by atoms with Crippen molar-refractivity contribution < 1.29 is 72.3 Å². The minimum Gasteiger partial charge on any atom is -0.481 e. The van der Waals surface area contributed by atoms with Crippen molar-refractivity contribution >= 4 is 92.2 Å². The quantitative estimate of drug-likeness (QED) is 0.0330. The van der Waals surface area contributed by atoms with Crippen molar-refractivity contribution in [3.63, 3.8) is 0 Å². The zero-order chi connectivity index (χ0) is 42.8. The third kappa shape index (κ3) is 30.3. The number of aliphatic carboxylic acids is 2. The van der Waals surface area contributed by atoms with Crippen LogP contribution in [0.5, 0.6) is 0 Å². The van der Waals surface area contributed by atoms with E-state index >= 15 is 0 Å². The predicted molar refractivity (Wildman–Crippen MR) is 207 cm³/mol. The molecule has 6 N–H and O–H groups in total. The average molecular weight is 924 g/mol. The Labute approximate surface area is 349 Å². The molecule has 0 saturated heterocycles. The van der Waals surface area contributed by atoms with Crippen molar-refractivity contribution in [1.29, 1.82) is 0 Å². The van der Waals surface area contributed by atoms with Crippen molar-refractivity contribution in [2.75, 3.05) is 103 Å². The summed E-state index contributed by atoms with van der Waals surface area (Å²) in [5.74, 6) is -7.41. The van der Waals surface area contributed by atoms with Gasteiger partial charge in [-0.3, -0.25) is 43.2 Å². The summed E-state index contributed by atoms with van der Waals surface area (Å²) in [5, 5.41) is 29.1. The second-order valence-electron chi connectivity index (χ2n) is 12.1. The Morgan fingerprint density at radius 1 is 0.632 bits per heavy atom. The first-order chi connectivity index (χ1) is 27.2. The van der Waals surface area contributed by atoms with Crippen molar-refractivity contribution in [3.05, 3.63) is 0 Å². The fourth-order valence-electron chi connectivity index (χ4n) is 4.58. The lowest BCUT2D eigenvalue weighted by atomic mass is 9.92. The van der Waals surface area contributed by atoms with Gasteiger partial charge in [-0.1, -0.05) is 15.9 Å². The summed E-state index contributed by atoms with van der Waals surface area (Å²) in [6.45, 7) is 0.571. The lowest BCUT2D eigenvalue weighted by Gasteiger charge is -2.23. The highest BCUT2D eigenvalue weighted by atomic mass is 79.9. The Bertz CT molecular complexity index is 1260. The number of carboxylic acids is 2. The van der Waals surface area contributed by atoms with Crippen LogP contribution in [-0.2, 0) is 62.1 Å². The monoisotopic (exact) mass is 921 g/mol. The first-order valence-corrected chi connectivity index (χ1v) is 20.3. The van der Waals surface area contributed by atoms with Gasteiger partial charge >= 0.3 is 11.9 Å². The number of nitrogens with one attached hydrogen (secondary N) is 4. The number of hydrogen-bond donors (Lipinski definition) is 6. The Morgan fingerprint density at radius 2 is 1.19 bits per heavy atom. The predicted octanol–water partition coefficient (Wildman–Crippen LogP) is -0.758. The minimum atomic E-state index is -1.35. The summed E-state index contributed by atoms with van der Waals surface area (Å²) < 4.78 is 21.3. The van der Waals surface area contributed by atoms with Gasteiger partial charge in [0.25, 0.3) is 0 Å². The molecule has 2 atom stereocenters. The van der Waals surface area contributed by atoms with Gasteiger partial charge in [0.15, 0.2) is 5.78 Å². The van der Waals surface area contributed by atoms with Crippen LogP contribution in [0.1, 0.15) is 44.9 Å². The van der Waals surface area contributed by atoms with Crippen LogP contribution in [0.3, 0.4) is 0 Å². The molecule has 5 amide bonds. The molecule has 0 aliphatic rings. The van der Waals surface area contributed by atoms with E-state index < -0.39 is 78.7 Å². The molecule has 20 nitrogen and oxygen atoms in total. The number of carboxylic acid groups (broad SMARTS) is 2. The number of amides is 5. The van der Waals surface area contributed by atoms with Crippen LogP contribution in [0.2, 0.25) is 0 Å². The molecule has 0 saturated carbocycles. The molecule has 0 bridgehead atoms. The van der Waals surface area contributed by atoms with Crippen LogP contribution in [0.25, 0.3) is 0 Å². The van der Waals surface area contributed by atoms with E-state index in [1.807, 2.05) is 0 Å². The highest BCUT2D eigenvalue weighted by Crippen LogP contribution is 2.15. The second-order valence-corrected chi connectivity index (χ2v) is 13.2. The Hall–Kier alpha value is -3.47. The van der Waals surface area contributed by atoms with Crippen LogP contribution in [-0.4, -0.2) is 177 Å². The van der Waals surface area contributed by atoms with E-state index in [1.165, 1.54) is 4.90 Å². The van der Waals surface area contributed by atoms with Crippen molar-refractivity contribution in [1.82, 2.24) is 26.2 Å². The number of halogens is 3. The number of hydrogen-bond acceptors (Lipinski definition) is 13. The highest BCUT2D eigenvalue weighted by Gasteiger charge is 2.28. The lowest BCUT2D eigenvalue weighted by molar-refractivity contribution is -0.145. The standard InChI is InChI=1S/C34H54BrCl2N5O15/c35-19-25(43)2-1-12-54-14-16-56-22-31(48)41-26(4-6-33(50)51)27(44)18-24(34(52)53)3-5-28(45)40-9-13-55-15-17-57-23-32(49)42(10-7-38-29(46)20-36)11-8-39-30(47)21-37/h24,26H,1-23H2,(H,38,46)(H,39,47)(H,40,45)(H,41,48)(H,50,51)(H,52,53)/t24-,26-/m0/s1. The van der Waals surface area contributed by atoms with E-state index in [2.05, 4.69) is 37.2 Å². The molecule has 0 aromatic carbocycles. The summed E-state index contributed by atoms with van der Waals surface area (Å²) in [6.07, 6.45) is -0.866. The maximum Gasteiger partial charge on any atom is 0.306 e. The van der Waals surface area contributed by atoms with Crippen LogP contribution < -0.4 is 21.3 Å². The van der Waals surface area contributed by atoms with E-state index in [1.54, 1.807) is 0 Å². The summed E-state index contributed by atoms with van der Waals surface area (Å²) in [4.78, 5) is 109. The molecule has 0 fully saturated rings. The second kappa shape index (κ2) is 34.6. The third-order valence-electron chi connectivity index (χ3n) is 7.56. The van der Waals surface area contributed by atoms with Crippen LogP contribution in [0.15, 0.2) is 0 Å². The molecule has 0 aliphatic carbocycles. The maximum absolute atomic E-state index is 13.0. The largest absolute Gasteiger partial charge is 0.481 e. The first-order valence-electron chi connectivity index (χ1n) is 18.1. The normalized spacial score (nSPS) is 11.8. The molecule has 0 heterocycles. The molecule has 0 spiro atoms. The number of nitrogens with zero attached hydrogens (tertiary/aromatic N) is 1. The summed E-state index contributed by atoms with van der Waals surface area (Å²) in [7, 11) is 0. The SMILES string of the molecule is O=C(O)CC[C@H](NC(=O)COCCOCCCC(=O)CBr)C(=O)C[C@H](CCC(=O)NCCOCCOCC(=O)N(CCNC(=O)CCl)CCNC(=O)CCl)C(=O)O. The number of rotatable bonds is 37. The number of ether oxygens (including phenoxy) is 4. The van der Waals surface area contributed by atoms with Crippen molar-refractivity contribution in [2.24, 2.45) is 5.92 Å². The molecule has 57 heavy (non-hydrogen) atoms. The zero-order valence-corrected chi connectivity index (χ0v) is 34.8. The number of alkyl halides is 3. The van der Waals surface area contributed by atoms with E-state index in [0.717, 1.165) is 0 Å². The molecule has 0 unspecified atom stereocenters. The van der Waals surface area contributed by atoms with Crippen LogP contribution in [0, 0.1) is 5.92 Å². The average Bonchev–Trinajstić information content (AvgIpc) is 3.18. The van der Waals surface area contributed by atoms with Gasteiger partial charge in [0.2, 0.25) is 29.5 Å². The molecule has 0 radical (unpaired) electrons. The molecule has 0 rings (SSSR count). The molecule has 326 valence electrons. The fourth-order valence-corrected chi connectivity index (χ4v) is 5.05. The number of carbonyl (C=O) groups is 9. The van der Waals surface area contributed by atoms with Gasteiger partial charge in [-0.05, 0) is 19.3 Å². The number of carbonyl (C=O) groups excluding carboxylic acids is 7. The third-order valence-corrected chi connectivity index (χ3v) is 8.67. The van der Waals surface area contributed by atoms with Gasteiger partial charge in [0.1, 0.15) is 30.8 Å². The van der Waals surface area contributed by atoms with E-state index in [9.17, 15) is 48.3 Å². The molecule has 0 aromatic heterocycles. The fraction of sp³-hybridized carbons (Fsp3) is 0.735. The van der Waals surface area contributed by atoms with E-state index in [-0.39, 0.29) is 115 Å². The van der Waals surface area contributed by atoms with E-state index in [0.29, 0.717) is 19.4 Å². The zero-order valence-electron chi connectivity index (χ0n) is 31.7. The Balaban J connectivity index is 4.58. The topological polar surface area (TPSA) is 282 Å². The lowest BCUT2D eigenvalue weighted by Crippen LogP contribution is -2.44. The maximum atomic E-state index is 13.0. The number of Topliss-reactive ketones (excluding diaryl/α,β-unsaturated/α-hetero) is 2. The van der Waals surface area contributed by atoms with Gasteiger partial charge in [0, 0.05) is 65.0 Å². The molecule has 0 aliphatic heterocycles. The van der Waals surface area contributed by atoms with Crippen LogP contribution in [0.4, 0.5) is 0 Å². The van der Waals surface area contributed by atoms with E-state index in [4.69, 9.17) is 47.3 Å². The van der Waals surface area contributed by atoms with Gasteiger partial charge in [-0.15, -0.1) is 23.2 Å². The smallest absolute Gasteiger partial charge is 0.306 e. The van der Waals surface area contributed by atoms with Gasteiger partial charge in [-0.2, -0.15) is 0 Å². The summed E-state index contributed by atoms with van der Waals surface area (Å²) in [6, 6.07) is -1.29.